The first-order valence-electron chi connectivity index (χ1n) is 44.8. The van der Waals surface area contributed by atoms with Crippen molar-refractivity contribution >= 4 is 194 Å². The van der Waals surface area contributed by atoms with Crippen molar-refractivity contribution in [3.63, 3.8) is 0 Å². The van der Waals surface area contributed by atoms with Crippen molar-refractivity contribution in [2.45, 2.75) is 179 Å². The van der Waals surface area contributed by atoms with Gasteiger partial charge in [-0.2, -0.15) is 0 Å². The van der Waals surface area contributed by atoms with Gasteiger partial charge in [0, 0.05) is 129 Å². The van der Waals surface area contributed by atoms with Crippen molar-refractivity contribution in [2.24, 2.45) is 29.2 Å². The molecule has 728 valence electrons. The number of anilines is 3. The summed E-state index contributed by atoms with van der Waals surface area (Å²) in [4.78, 5) is 69.7. The minimum atomic E-state index is -0.509. The molecule has 4 fully saturated rings. The molecule has 137 heavy (non-hydrogen) atoms. The zero-order chi connectivity index (χ0) is 99.1. The molecule has 25 nitrogen and oxygen atoms in total. The van der Waals surface area contributed by atoms with Crippen molar-refractivity contribution < 1.29 is 57.0 Å². The fourth-order valence-corrected chi connectivity index (χ4v) is 19.9. The van der Waals surface area contributed by atoms with Crippen LogP contribution in [0, 0.1) is 17.8 Å². The lowest BCUT2D eigenvalue weighted by molar-refractivity contribution is -0.156. The molecule has 8 aromatic carbocycles. The van der Waals surface area contributed by atoms with Crippen LogP contribution in [0.3, 0.4) is 0 Å². The summed E-state index contributed by atoms with van der Waals surface area (Å²) in [6, 6.07) is 30.7. The monoisotopic (exact) mass is 2060 g/mol. The van der Waals surface area contributed by atoms with Crippen LogP contribution in [0.2, 0.25) is 45.5 Å². The Labute approximate surface area is 849 Å². The molecule has 16 rings (SSSR count). The first kappa shape index (κ1) is 107. The van der Waals surface area contributed by atoms with Gasteiger partial charge >= 0.3 is 5.97 Å². The van der Waals surface area contributed by atoms with E-state index in [0.29, 0.717) is 145 Å². The van der Waals surface area contributed by atoms with Crippen LogP contribution < -0.4 is 65.3 Å². The third-order valence-corrected chi connectivity index (χ3v) is 27.5. The van der Waals surface area contributed by atoms with E-state index in [9.17, 15) is 14.4 Å². The van der Waals surface area contributed by atoms with Gasteiger partial charge in [-0.15, -0.1) is 0 Å². The van der Waals surface area contributed by atoms with Crippen LogP contribution in [-0.2, 0) is 19.1 Å². The number of nitrogens with one attached hydrogen (secondary N) is 3. The van der Waals surface area contributed by atoms with Gasteiger partial charge < -0.3 is 70.0 Å². The Balaban J connectivity index is 0.000000169. The Morgan fingerprint density at radius 2 is 0.657 bits per heavy atom. The van der Waals surface area contributed by atoms with Gasteiger partial charge in [-0.05, 0) is 196 Å². The third-order valence-electron chi connectivity index (χ3n) is 24.2. The highest BCUT2D eigenvalue weighted by atomic mass is 35.5. The molecule has 7 N–H and O–H groups in total. The van der Waals surface area contributed by atoms with E-state index in [2.05, 4.69) is 65.9 Å². The number of carbonyl (C=O) groups excluding carboxylic acids is 3. The largest absolute Gasteiger partial charge is 0.495 e. The lowest BCUT2D eigenvalue weighted by atomic mass is 9.81. The number of carbonyl (C=O) groups is 3. The Morgan fingerprint density at radius 1 is 0.380 bits per heavy atom. The first-order valence-corrected chi connectivity index (χ1v) is 48.6. The van der Waals surface area contributed by atoms with Gasteiger partial charge in [-0.3, -0.25) is 14.4 Å². The molecule has 0 spiro atoms. The number of fused-ring (bicyclic) bond motifs is 4. The number of halogens is 10. The maximum atomic E-state index is 12.5. The third kappa shape index (κ3) is 28.0. The number of rotatable bonds is 24. The molecular formula is C102H113Cl10N13O12. The number of ketones is 1. The van der Waals surface area contributed by atoms with E-state index in [4.69, 9.17) is 180 Å². The van der Waals surface area contributed by atoms with Crippen LogP contribution in [0.15, 0.2) is 147 Å². The van der Waals surface area contributed by atoms with Gasteiger partial charge in [0.25, 0.3) is 0 Å². The molecule has 0 amide bonds. The number of hydrogen-bond acceptors (Lipinski definition) is 25. The van der Waals surface area contributed by atoms with Gasteiger partial charge in [-0.1, -0.05) is 189 Å². The number of ether oxygens (including phenoxy) is 9. The average molecular weight is 2070 g/mol. The molecular weight excluding hydrogens is 1950 g/mol. The highest BCUT2D eigenvalue weighted by Gasteiger charge is 2.33. The number of nitrogens with two attached hydrogens (primary N) is 2. The summed E-state index contributed by atoms with van der Waals surface area (Å²) < 4.78 is 48.5. The molecule has 8 atom stereocenters. The van der Waals surface area contributed by atoms with Gasteiger partial charge in [0.2, 0.25) is 28.4 Å². The maximum Gasteiger partial charge on any atom is 0.306 e. The smallest absolute Gasteiger partial charge is 0.306 e. The minimum absolute atomic E-state index is 0.0807. The summed E-state index contributed by atoms with van der Waals surface area (Å²) in [5, 5.41) is 16.7. The molecule has 0 bridgehead atoms. The summed E-state index contributed by atoms with van der Waals surface area (Å²) >= 11 is 62.9. The van der Waals surface area contributed by atoms with E-state index in [-0.39, 0.29) is 53.0 Å². The van der Waals surface area contributed by atoms with Gasteiger partial charge in [0.1, 0.15) is 51.6 Å². The standard InChI is InChI=1S/C28H33Cl2N3O4.C26H27Cl2N3O3.C22H24Cl2N4O2.C16H11Cl3N2O2.C7H15N.C3H3ClO/c1-28(2,3)37-23(34)13-16-8-6-7-9-19(16)32-27-31-15-18-12-17(10-11-20(18)33-27)24-25(29)21(35-4)14-22(36-5)26(24)30;1-4-18(32)12-15-7-5-6-8-19(15)30-26-29-14-17-11-16(9-10-20(17)31-26)23-24(27)21(33-2)13-22(34-3)25(23)28;1-29-17-10-18(30-2)21(24)19(20(17)23)12-7-8-15-13(9-12)11-26-22(27-15)28-16-6-4-3-5-14(16)25;1-22-11-6-12(23-2)15(18)13(14(11)17)8-3-4-10-9(5-8)7-20-16(19)21-10;1-6-4-2-3-5-7(6)8;1-2-3(4)5/h10-12,14-16,19H,6-9,13H2,1-5H3,(H,31,32,33);4,9-11,13-15,19H,1,5-8,12H2,2-3H3,(H,29,30,31);7-11,14,16H,3-6,25H2,1-2H3,(H,26,27,28);3-7H,1-2H3;6-7H,2-5,8H2,1H3;2H,1H2/t16-,19-;15-,19-;14-,16+;;6-,7+;/m110.0./s1. The van der Waals surface area contributed by atoms with Crippen LogP contribution in [0.25, 0.3) is 88.1 Å². The van der Waals surface area contributed by atoms with Crippen molar-refractivity contribution in [2.75, 3.05) is 72.8 Å². The fraction of sp³-hybridized carbons (Fsp3) is 0.382. The Morgan fingerprint density at radius 3 is 0.942 bits per heavy atom. The van der Waals surface area contributed by atoms with E-state index in [1.54, 1.807) is 91.7 Å². The van der Waals surface area contributed by atoms with Crippen LogP contribution in [0.5, 0.6) is 46.0 Å². The number of esters is 1. The van der Waals surface area contributed by atoms with Crippen molar-refractivity contribution in [3.05, 3.63) is 193 Å². The summed E-state index contributed by atoms with van der Waals surface area (Å²) in [5.41, 5.74) is 20.4. The number of allylic oxidation sites excluding steroid dienone is 2. The van der Waals surface area contributed by atoms with E-state index >= 15 is 0 Å². The molecule has 0 radical (unpaired) electrons. The number of hydrogen-bond donors (Lipinski definition) is 5. The number of methoxy groups -OCH3 is 8. The van der Waals surface area contributed by atoms with Crippen molar-refractivity contribution in [3.8, 4) is 90.5 Å². The zero-order valence-electron chi connectivity index (χ0n) is 78.4. The van der Waals surface area contributed by atoms with E-state index in [1.165, 1.54) is 58.8 Å². The normalized spacial score (nSPS) is 17.8. The van der Waals surface area contributed by atoms with Crippen LogP contribution in [0.4, 0.5) is 17.8 Å². The maximum absolute atomic E-state index is 12.5. The van der Waals surface area contributed by atoms with Gasteiger partial charge in [0.05, 0.1) is 126 Å². The van der Waals surface area contributed by atoms with Crippen LogP contribution >= 0.6 is 116 Å². The summed E-state index contributed by atoms with van der Waals surface area (Å²) in [6.07, 6.45) is 28.5. The number of aromatic nitrogens is 8. The van der Waals surface area contributed by atoms with Crippen molar-refractivity contribution in [1.29, 1.82) is 0 Å². The number of benzene rings is 8. The first-order chi connectivity index (χ1) is 65.7. The van der Waals surface area contributed by atoms with Gasteiger partial charge in [-0.25, -0.2) is 39.9 Å². The lowest BCUT2D eigenvalue weighted by Crippen LogP contribution is -2.42. The molecule has 4 aliphatic rings. The predicted molar refractivity (Wildman–Crippen MR) is 557 cm³/mol. The van der Waals surface area contributed by atoms with Gasteiger partial charge in [0.15, 0.2) is 5.78 Å². The highest BCUT2D eigenvalue weighted by molar-refractivity contribution is 6.66. The van der Waals surface area contributed by atoms with E-state index in [1.807, 2.05) is 93.6 Å². The summed E-state index contributed by atoms with van der Waals surface area (Å²) in [7, 11) is 12.4. The SMILES string of the molecule is C=CC(=O)C[C@H]1CCCC[C@H]1Nc1ncc2cc(-c3c(Cl)c(OC)cc(OC)c3Cl)ccc2n1.C=CC(=O)Cl.COc1cc(OC)c(Cl)c(-c2ccc3nc(Cl)ncc3c2)c1Cl.COc1cc(OC)c(Cl)c(-c2ccc3nc(N[C@@H]4CCCC[C@@H]4CC(=O)OC(C)(C)C)ncc3c2)c1Cl.COc1cc(OC)c(Cl)c(-c2ccc3nc(N[C@@H]4CCCC[C@@H]4N)ncc3c2)c1Cl.C[C@H]1CCCC[C@H]1N. The Bertz CT molecular complexity index is 6180. The molecule has 0 aliphatic heterocycles. The van der Waals surface area contributed by atoms with E-state index in [0.717, 1.165) is 142 Å². The fourth-order valence-electron chi connectivity index (χ4n) is 16.9. The molecule has 4 saturated carbocycles. The quantitative estimate of drug-likeness (QED) is 0.0162. The molecule has 0 saturated heterocycles. The summed E-state index contributed by atoms with van der Waals surface area (Å²) in [6.45, 7) is 14.6. The summed E-state index contributed by atoms with van der Waals surface area (Å²) in [5.74, 6) is 6.68. The Hall–Kier alpha value is -9.97. The van der Waals surface area contributed by atoms with E-state index < -0.39 is 10.8 Å². The van der Waals surface area contributed by atoms with Crippen molar-refractivity contribution in [1.82, 2.24) is 39.9 Å². The highest BCUT2D eigenvalue weighted by Crippen LogP contribution is 2.52. The molecule has 4 aliphatic carbocycles. The lowest BCUT2D eigenvalue weighted by Gasteiger charge is -2.32. The molecule has 4 aromatic heterocycles. The number of nitrogens with zero attached hydrogens (tertiary/aromatic N) is 8. The second kappa shape index (κ2) is 50.8. The van der Waals surface area contributed by atoms with Crippen LogP contribution in [0.1, 0.15) is 143 Å². The predicted octanol–water partition coefficient (Wildman–Crippen LogP) is 27.1. The molecule has 0 unspecified atom stereocenters. The zero-order valence-corrected chi connectivity index (χ0v) is 85.9. The average Bonchev–Trinajstić information content (AvgIpc) is 0.785. The minimum Gasteiger partial charge on any atom is -0.495 e. The second-order valence-electron chi connectivity index (χ2n) is 34.3. The molecule has 35 heteroatoms. The Kier molecular flexibility index (Phi) is 39.8. The second-order valence-corrected chi connectivity index (χ2v) is 38.1. The topological polar surface area (TPSA) is 326 Å². The molecule has 4 heterocycles. The van der Waals surface area contributed by atoms with Crippen LogP contribution in [-0.4, -0.2) is 150 Å². The molecule has 12 aromatic rings.